The molecule has 0 radical (unpaired) electrons. The van der Waals surface area contributed by atoms with E-state index in [1.165, 1.54) is 35.1 Å². The summed E-state index contributed by atoms with van der Waals surface area (Å²) in [6.45, 7) is 7.46. The van der Waals surface area contributed by atoms with E-state index in [0.717, 1.165) is 6.54 Å². The van der Waals surface area contributed by atoms with Crippen LogP contribution in [0.5, 0.6) is 0 Å². The van der Waals surface area contributed by atoms with E-state index in [4.69, 9.17) is 5.73 Å². The van der Waals surface area contributed by atoms with Crippen molar-refractivity contribution < 1.29 is 0 Å². The second-order valence-electron chi connectivity index (χ2n) is 6.15. The quantitative estimate of drug-likeness (QED) is 0.885. The van der Waals surface area contributed by atoms with Gasteiger partial charge in [0.2, 0.25) is 0 Å². The highest BCUT2D eigenvalue weighted by Gasteiger charge is 2.50. The van der Waals surface area contributed by atoms with Crippen LogP contribution in [-0.4, -0.2) is 25.5 Å². The Morgan fingerprint density at radius 1 is 1.17 bits per heavy atom. The van der Waals surface area contributed by atoms with Crippen LogP contribution >= 0.6 is 0 Å². The number of hydrogen-bond acceptors (Lipinski definition) is 2. The number of rotatable bonds is 4. The first kappa shape index (κ1) is 13.6. The third-order valence-corrected chi connectivity index (χ3v) is 4.79. The molecule has 18 heavy (non-hydrogen) atoms. The first-order valence-electron chi connectivity index (χ1n) is 6.86. The van der Waals surface area contributed by atoms with Gasteiger partial charge in [-0.05, 0) is 76.5 Å². The predicted molar refractivity (Wildman–Crippen MR) is 77.8 cm³/mol. The Morgan fingerprint density at radius 2 is 1.78 bits per heavy atom. The zero-order chi connectivity index (χ0) is 13.5. The molecular weight excluding hydrogens is 220 g/mol. The normalized spacial score (nSPS) is 19.1. The average molecular weight is 246 g/mol. The Bertz CT molecular complexity index is 445. The Labute approximate surface area is 111 Å². The summed E-state index contributed by atoms with van der Waals surface area (Å²) in [5.74, 6) is 0. The molecule has 1 aromatic rings. The van der Waals surface area contributed by atoms with E-state index >= 15 is 0 Å². The van der Waals surface area contributed by atoms with Crippen molar-refractivity contribution in [2.24, 2.45) is 11.1 Å². The van der Waals surface area contributed by atoms with Crippen LogP contribution < -0.4 is 5.73 Å². The van der Waals surface area contributed by atoms with E-state index in [1.54, 1.807) is 0 Å². The number of nitrogens with two attached hydrogens (primary N) is 1. The monoisotopic (exact) mass is 246 g/mol. The third-order valence-electron chi connectivity index (χ3n) is 4.79. The molecule has 0 aliphatic heterocycles. The molecule has 1 atom stereocenters. The SMILES string of the molecule is Cc1ccc(C(N(C)C)C2(CN)CC2)c(C)c1C. The number of hydrogen-bond donors (Lipinski definition) is 1. The van der Waals surface area contributed by atoms with Gasteiger partial charge in [0.05, 0.1) is 0 Å². The molecule has 0 heterocycles. The van der Waals surface area contributed by atoms with Crippen molar-refractivity contribution in [2.45, 2.75) is 39.7 Å². The topological polar surface area (TPSA) is 29.3 Å². The minimum Gasteiger partial charge on any atom is -0.330 e. The van der Waals surface area contributed by atoms with E-state index in [9.17, 15) is 0 Å². The Hall–Kier alpha value is -0.860. The molecule has 2 nitrogen and oxygen atoms in total. The first-order chi connectivity index (χ1) is 8.43. The molecule has 0 spiro atoms. The van der Waals surface area contributed by atoms with Crippen LogP contribution in [0.4, 0.5) is 0 Å². The van der Waals surface area contributed by atoms with Crippen LogP contribution in [0, 0.1) is 26.2 Å². The first-order valence-corrected chi connectivity index (χ1v) is 6.86. The summed E-state index contributed by atoms with van der Waals surface area (Å²) < 4.78 is 0. The van der Waals surface area contributed by atoms with Crippen LogP contribution in [-0.2, 0) is 0 Å². The second-order valence-corrected chi connectivity index (χ2v) is 6.15. The van der Waals surface area contributed by atoms with Crippen molar-refractivity contribution in [3.63, 3.8) is 0 Å². The van der Waals surface area contributed by atoms with Gasteiger partial charge in [-0.3, -0.25) is 0 Å². The summed E-state index contributed by atoms with van der Waals surface area (Å²) in [7, 11) is 4.35. The molecule has 100 valence electrons. The lowest BCUT2D eigenvalue weighted by Gasteiger charge is -2.34. The summed E-state index contributed by atoms with van der Waals surface area (Å²) in [6.07, 6.45) is 2.53. The Morgan fingerprint density at radius 3 is 2.22 bits per heavy atom. The molecule has 0 aromatic heterocycles. The molecule has 1 aliphatic carbocycles. The van der Waals surface area contributed by atoms with E-state index < -0.39 is 0 Å². The van der Waals surface area contributed by atoms with E-state index in [-0.39, 0.29) is 0 Å². The molecule has 0 amide bonds. The summed E-state index contributed by atoms with van der Waals surface area (Å²) in [4.78, 5) is 2.34. The third kappa shape index (κ3) is 2.08. The van der Waals surface area contributed by atoms with Crippen molar-refractivity contribution in [2.75, 3.05) is 20.6 Å². The number of benzene rings is 1. The van der Waals surface area contributed by atoms with Crippen molar-refractivity contribution in [1.29, 1.82) is 0 Å². The highest BCUT2D eigenvalue weighted by molar-refractivity contribution is 5.41. The van der Waals surface area contributed by atoms with Crippen molar-refractivity contribution in [1.82, 2.24) is 4.90 Å². The fourth-order valence-electron chi connectivity index (χ4n) is 3.18. The maximum atomic E-state index is 6.04. The fraction of sp³-hybridized carbons (Fsp3) is 0.625. The average Bonchev–Trinajstić information content (AvgIpc) is 3.10. The van der Waals surface area contributed by atoms with Gasteiger partial charge in [-0.25, -0.2) is 0 Å². The standard InChI is InChI=1S/C16H26N2/c1-11-6-7-14(13(3)12(11)2)15(18(4)5)16(10-17)8-9-16/h6-7,15H,8-10,17H2,1-5H3. The number of aryl methyl sites for hydroxylation is 1. The molecule has 2 rings (SSSR count). The lowest BCUT2D eigenvalue weighted by Crippen LogP contribution is -2.34. The molecule has 0 bridgehead atoms. The van der Waals surface area contributed by atoms with Gasteiger partial charge in [0.15, 0.2) is 0 Å². The molecule has 2 N–H and O–H groups in total. The lowest BCUT2D eigenvalue weighted by molar-refractivity contribution is 0.197. The molecule has 1 aliphatic rings. The van der Waals surface area contributed by atoms with Crippen LogP contribution in [0.3, 0.4) is 0 Å². The summed E-state index contributed by atoms with van der Waals surface area (Å²) in [5, 5.41) is 0. The fourth-order valence-corrected chi connectivity index (χ4v) is 3.18. The molecule has 1 unspecified atom stereocenters. The minimum atomic E-state index is 0.315. The van der Waals surface area contributed by atoms with Crippen LogP contribution in [0.25, 0.3) is 0 Å². The minimum absolute atomic E-state index is 0.315. The zero-order valence-electron chi connectivity index (χ0n) is 12.4. The zero-order valence-corrected chi connectivity index (χ0v) is 12.4. The van der Waals surface area contributed by atoms with Crippen LogP contribution in [0.15, 0.2) is 12.1 Å². The van der Waals surface area contributed by atoms with Crippen molar-refractivity contribution in [3.05, 3.63) is 34.4 Å². The maximum absolute atomic E-state index is 6.04. The molecule has 1 fully saturated rings. The van der Waals surface area contributed by atoms with Gasteiger partial charge in [-0.1, -0.05) is 12.1 Å². The smallest absolute Gasteiger partial charge is 0.0413 e. The predicted octanol–water partition coefficient (Wildman–Crippen LogP) is 2.95. The maximum Gasteiger partial charge on any atom is 0.0413 e. The van der Waals surface area contributed by atoms with Gasteiger partial charge in [0, 0.05) is 11.5 Å². The van der Waals surface area contributed by atoms with Crippen molar-refractivity contribution in [3.8, 4) is 0 Å². The number of nitrogens with zero attached hydrogens (tertiary/aromatic N) is 1. The van der Waals surface area contributed by atoms with Gasteiger partial charge >= 0.3 is 0 Å². The lowest BCUT2D eigenvalue weighted by atomic mass is 9.84. The Balaban J connectivity index is 2.48. The van der Waals surface area contributed by atoms with Gasteiger partial charge in [0.25, 0.3) is 0 Å². The summed E-state index contributed by atoms with van der Waals surface area (Å²) in [5.41, 5.74) is 12.1. The van der Waals surface area contributed by atoms with E-state index in [2.05, 4.69) is 51.9 Å². The summed E-state index contributed by atoms with van der Waals surface area (Å²) in [6, 6.07) is 5.01. The largest absolute Gasteiger partial charge is 0.330 e. The van der Waals surface area contributed by atoms with Crippen LogP contribution in [0.2, 0.25) is 0 Å². The molecule has 2 heteroatoms. The Kier molecular flexibility index (Phi) is 3.52. The highest BCUT2D eigenvalue weighted by Crippen LogP contribution is 2.56. The molecule has 1 aromatic carbocycles. The molecular formula is C16H26N2. The van der Waals surface area contributed by atoms with Crippen molar-refractivity contribution >= 4 is 0 Å². The van der Waals surface area contributed by atoms with Gasteiger partial charge in [-0.15, -0.1) is 0 Å². The highest BCUT2D eigenvalue weighted by atomic mass is 15.1. The van der Waals surface area contributed by atoms with Gasteiger partial charge in [-0.2, -0.15) is 0 Å². The summed E-state index contributed by atoms with van der Waals surface area (Å²) >= 11 is 0. The van der Waals surface area contributed by atoms with Gasteiger partial charge in [0.1, 0.15) is 0 Å². The van der Waals surface area contributed by atoms with Gasteiger partial charge < -0.3 is 10.6 Å². The van der Waals surface area contributed by atoms with E-state index in [0.29, 0.717) is 11.5 Å². The molecule has 0 saturated heterocycles. The molecule has 1 saturated carbocycles. The second kappa shape index (κ2) is 4.67. The van der Waals surface area contributed by atoms with Crippen LogP contribution in [0.1, 0.15) is 41.1 Å². The van der Waals surface area contributed by atoms with E-state index in [1.807, 2.05) is 0 Å².